The monoisotopic (exact) mass is 110 g/mol. The molecule has 1 nitrogen and oxygen atoms in total. The van der Waals surface area contributed by atoms with Crippen molar-refractivity contribution in [1.82, 2.24) is 0 Å². The third-order valence-electron chi connectivity index (χ3n) is 2.05. The summed E-state index contributed by atoms with van der Waals surface area (Å²) in [6, 6.07) is 0. The molecule has 1 aliphatic carbocycles. The van der Waals surface area contributed by atoms with E-state index in [9.17, 15) is 0 Å². The van der Waals surface area contributed by atoms with E-state index in [1.807, 2.05) is 0 Å². The predicted molar refractivity (Wildman–Crippen MR) is 31.1 cm³/mol. The molecule has 0 N–H and O–H groups in total. The molecule has 1 unspecified atom stereocenters. The van der Waals surface area contributed by atoms with Crippen molar-refractivity contribution in [2.24, 2.45) is 5.92 Å². The van der Waals surface area contributed by atoms with Crippen LogP contribution in [0.3, 0.4) is 0 Å². The Kier molecular flexibility index (Phi) is 0.706. The average molecular weight is 110 g/mol. The van der Waals surface area contributed by atoms with Gasteiger partial charge in [-0.3, -0.25) is 0 Å². The highest BCUT2D eigenvalue weighted by Gasteiger charge is 2.37. The molecule has 1 aliphatic heterocycles. The summed E-state index contributed by atoms with van der Waals surface area (Å²) in [5.74, 6) is 3.43. The molecule has 2 aliphatic rings. The van der Waals surface area contributed by atoms with Crippen molar-refractivity contribution in [2.75, 3.05) is 0 Å². The van der Waals surface area contributed by atoms with E-state index in [1.165, 1.54) is 30.8 Å². The zero-order chi connectivity index (χ0) is 5.56. The minimum absolute atomic E-state index is 0.796. The van der Waals surface area contributed by atoms with Gasteiger partial charge in [-0.15, -0.1) is 0 Å². The molecule has 0 aromatic carbocycles. The Labute approximate surface area is 49.3 Å². The fourth-order valence-electron chi connectivity index (χ4n) is 1.42. The van der Waals surface area contributed by atoms with Crippen LogP contribution in [0.1, 0.15) is 26.2 Å². The highest BCUT2D eigenvalue weighted by atomic mass is 16.6. The topological polar surface area (TPSA) is 12.5 Å². The molecule has 0 radical (unpaired) electrons. The van der Waals surface area contributed by atoms with Crippen molar-refractivity contribution in [3.8, 4) is 0 Å². The van der Waals surface area contributed by atoms with Crippen molar-refractivity contribution in [1.29, 1.82) is 0 Å². The molecule has 0 fully saturated rings. The maximum atomic E-state index is 5.19. The normalized spacial score (nSPS) is 32.4. The highest BCUT2D eigenvalue weighted by molar-refractivity contribution is 5.25. The van der Waals surface area contributed by atoms with E-state index in [2.05, 4.69) is 6.92 Å². The first-order chi connectivity index (χ1) is 3.92. The summed E-state index contributed by atoms with van der Waals surface area (Å²) in [5, 5.41) is 0. The van der Waals surface area contributed by atoms with Crippen LogP contribution in [0.5, 0.6) is 0 Å². The molecule has 44 valence electrons. The summed E-state index contributed by atoms with van der Waals surface area (Å²) < 4.78 is 5.19. The van der Waals surface area contributed by atoms with Gasteiger partial charge in [-0.05, 0) is 12.8 Å². The SMILES string of the molecule is CCC1CCC2=C1O2. The lowest BCUT2D eigenvalue weighted by atomic mass is 10.1. The zero-order valence-electron chi connectivity index (χ0n) is 5.11. The number of hydrogen-bond acceptors (Lipinski definition) is 1. The lowest BCUT2D eigenvalue weighted by molar-refractivity contribution is 0.340. The smallest absolute Gasteiger partial charge is 0.145 e. The van der Waals surface area contributed by atoms with Crippen LogP contribution in [0.15, 0.2) is 11.5 Å². The predicted octanol–water partition coefficient (Wildman–Crippen LogP) is 2.05. The fourth-order valence-corrected chi connectivity index (χ4v) is 1.42. The molecule has 0 amide bonds. The molecule has 0 aromatic heterocycles. The van der Waals surface area contributed by atoms with Crippen LogP contribution in [-0.2, 0) is 4.74 Å². The molecule has 1 heteroatoms. The van der Waals surface area contributed by atoms with Gasteiger partial charge < -0.3 is 4.74 Å². The molecule has 0 aromatic rings. The van der Waals surface area contributed by atoms with E-state index in [0.29, 0.717) is 0 Å². The van der Waals surface area contributed by atoms with Crippen LogP contribution in [-0.4, -0.2) is 0 Å². The summed E-state index contributed by atoms with van der Waals surface area (Å²) >= 11 is 0. The number of ether oxygens (including phenoxy) is 1. The van der Waals surface area contributed by atoms with E-state index in [-0.39, 0.29) is 0 Å². The highest BCUT2D eigenvalue weighted by Crippen LogP contribution is 2.46. The molecule has 1 heterocycles. The molecular formula is C7H10O. The van der Waals surface area contributed by atoms with E-state index in [1.54, 1.807) is 0 Å². The van der Waals surface area contributed by atoms with E-state index in [0.717, 1.165) is 5.92 Å². The zero-order valence-corrected chi connectivity index (χ0v) is 5.11. The molecule has 0 saturated carbocycles. The Balaban J connectivity index is 2.09. The first-order valence-corrected chi connectivity index (χ1v) is 3.32. The summed E-state index contributed by atoms with van der Waals surface area (Å²) in [7, 11) is 0. The van der Waals surface area contributed by atoms with Crippen molar-refractivity contribution in [2.45, 2.75) is 26.2 Å². The Morgan fingerprint density at radius 2 is 2.62 bits per heavy atom. The quantitative estimate of drug-likeness (QED) is 0.503. The summed E-state index contributed by atoms with van der Waals surface area (Å²) in [5.41, 5.74) is 0. The van der Waals surface area contributed by atoms with Gasteiger partial charge in [0.25, 0.3) is 0 Å². The maximum Gasteiger partial charge on any atom is 0.145 e. The number of rotatable bonds is 1. The molecule has 0 spiro atoms. The van der Waals surface area contributed by atoms with Gasteiger partial charge in [0.15, 0.2) is 0 Å². The van der Waals surface area contributed by atoms with Crippen LogP contribution >= 0.6 is 0 Å². The van der Waals surface area contributed by atoms with Crippen LogP contribution < -0.4 is 0 Å². The minimum atomic E-state index is 0.796. The maximum absolute atomic E-state index is 5.19. The molecule has 1 atom stereocenters. The lowest BCUT2D eigenvalue weighted by Crippen LogP contribution is -1.93. The van der Waals surface area contributed by atoms with E-state index in [4.69, 9.17) is 4.74 Å². The summed E-state index contributed by atoms with van der Waals surface area (Å²) in [6.45, 7) is 2.22. The van der Waals surface area contributed by atoms with Crippen molar-refractivity contribution in [3.63, 3.8) is 0 Å². The van der Waals surface area contributed by atoms with Gasteiger partial charge in [-0.1, -0.05) is 6.92 Å². The second-order valence-electron chi connectivity index (χ2n) is 2.53. The lowest BCUT2D eigenvalue weighted by Gasteiger charge is -2.04. The van der Waals surface area contributed by atoms with Gasteiger partial charge in [0.1, 0.15) is 11.5 Å². The van der Waals surface area contributed by atoms with Gasteiger partial charge >= 0.3 is 0 Å². The van der Waals surface area contributed by atoms with Crippen molar-refractivity contribution < 1.29 is 4.74 Å². The van der Waals surface area contributed by atoms with Gasteiger partial charge in [0, 0.05) is 12.3 Å². The summed E-state index contributed by atoms with van der Waals surface area (Å²) in [6.07, 6.45) is 3.83. The molecule has 8 heavy (non-hydrogen) atoms. The van der Waals surface area contributed by atoms with Gasteiger partial charge in [-0.2, -0.15) is 0 Å². The second-order valence-corrected chi connectivity index (χ2v) is 2.53. The number of allylic oxidation sites excluding steroid dienone is 2. The largest absolute Gasteiger partial charge is 0.459 e. The van der Waals surface area contributed by atoms with Gasteiger partial charge in [0.2, 0.25) is 0 Å². The first-order valence-electron chi connectivity index (χ1n) is 3.32. The van der Waals surface area contributed by atoms with Gasteiger partial charge in [-0.25, -0.2) is 0 Å². The van der Waals surface area contributed by atoms with E-state index >= 15 is 0 Å². The number of hydrogen-bond donors (Lipinski definition) is 0. The second kappa shape index (κ2) is 1.28. The van der Waals surface area contributed by atoms with Crippen LogP contribution in [0.2, 0.25) is 0 Å². The van der Waals surface area contributed by atoms with E-state index < -0.39 is 0 Å². The standard InChI is InChI=1S/C7H10O/c1-2-5-3-4-6-7(5)8-6/h5H,2-4H2,1H3. The first kappa shape index (κ1) is 4.42. The fraction of sp³-hybridized carbons (Fsp3) is 0.714. The minimum Gasteiger partial charge on any atom is -0.459 e. The van der Waals surface area contributed by atoms with Gasteiger partial charge in [0.05, 0.1) is 0 Å². The summed E-state index contributed by atoms with van der Waals surface area (Å²) in [4.78, 5) is 0. The van der Waals surface area contributed by atoms with Crippen LogP contribution in [0.4, 0.5) is 0 Å². The third-order valence-corrected chi connectivity index (χ3v) is 2.05. The molecule has 2 rings (SSSR count). The molecular weight excluding hydrogens is 100 g/mol. The van der Waals surface area contributed by atoms with Crippen molar-refractivity contribution >= 4 is 0 Å². The van der Waals surface area contributed by atoms with Crippen LogP contribution in [0.25, 0.3) is 0 Å². The Morgan fingerprint density at radius 1 is 1.75 bits per heavy atom. The third kappa shape index (κ3) is 0.417. The molecule has 0 bridgehead atoms. The Bertz CT molecular complexity index is 146. The van der Waals surface area contributed by atoms with Crippen molar-refractivity contribution in [3.05, 3.63) is 11.5 Å². The Morgan fingerprint density at radius 3 is 2.88 bits per heavy atom. The Hall–Kier alpha value is -0.460. The average Bonchev–Trinajstić information content (AvgIpc) is 2.46. The van der Waals surface area contributed by atoms with Crippen LogP contribution in [0, 0.1) is 5.92 Å². The molecule has 0 saturated heterocycles.